The van der Waals surface area contributed by atoms with Gasteiger partial charge in [0.15, 0.2) is 5.82 Å². The molecule has 1 N–H and O–H groups in total. The van der Waals surface area contributed by atoms with Crippen molar-refractivity contribution in [3.8, 4) is 11.4 Å². The summed E-state index contributed by atoms with van der Waals surface area (Å²) < 4.78 is 15.1. The average molecular weight is 312 g/mol. The summed E-state index contributed by atoms with van der Waals surface area (Å²) in [5.74, 6) is 0.306. The Bertz CT molecular complexity index is 895. The Balaban J connectivity index is 2.01. The highest BCUT2D eigenvalue weighted by molar-refractivity contribution is 7.71. The third-order valence-corrected chi connectivity index (χ3v) is 3.36. The highest BCUT2D eigenvalue weighted by atomic mass is 32.1. The zero-order chi connectivity index (χ0) is 15.5. The van der Waals surface area contributed by atoms with Crippen LogP contribution in [0.3, 0.4) is 0 Å². The van der Waals surface area contributed by atoms with Crippen molar-refractivity contribution in [3.05, 3.63) is 70.2 Å². The van der Waals surface area contributed by atoms with E-state index < -0.39 is 0 Å². The molecule has 0 aliphatic rings. The van der Waals surface area contributed by atoms with Crippen LogP contribution >= 0.6 is 12.2 Å². The minimum Gasteiger partial charge on any atom is -0.250 e. The number of hydrogen-bond donors (Lipinski definition) is 1. The topological polar surface area (TPSA) is 46.0 Å². The molecule has 3 aromatic rings. The van der Waals surface area contributed by atoms with Gasteiger partial charge in [0, 0.05) is 5.56 Å². The van der Waals surface area contributed by atoms with Crippen LogP contribution in [0.4, 0.5) is 4.39 Å². The molecule has 0 fully saturated rings. The molecule has 2 aromatic carbocycles. The molecule has 6 heteroatoms. The predicted octanol–water partition coefficient (Wildman–Crippen LogP) is 3.94. The van der Waals surface area contributed by atoms with Crippen molar-refractivity contribution in [1.82, 2.24) is 14.9 Å². The van der Waals surface area contributed by atoms with Crippen LogP contribution in [0.5, 0.6) is 0 Å². The Hall–Kier alpha value is -2.60. The number of nitrogens with zero attached hydrogens (tertiary/aromatic N) is 3. The standard InChI is InChI=1S/C16H13FN4S/c1-11-4-2-6-13(8-11)15-19-20-16(22)21(15)18-10-12-5-3-7-14(17)9-12/h2-10H,1H3,(H,20,22). The molecular weight excluding hydrogens is 299 g/mol. The Morgan fingerprint density at radius 3 is 2.82 bits per heavy atom. The van der Waals surface area contributed by atoms with Crippen LogP contribution in [0.25, 0.3) is 11.4 Å². The molecule has 0 atom stereocenters. The van der Waals surface area contributed by atoms with E-state index in [0.717, 1.165) is 11.1 Å². The zero-order valence-electron chi connectivity index (χ0n) is 11.8. The van der Waals surface area contributed by atoms with Crippen molar-refractivity contribution in [2.24, 2.45) is 5.10 Å². The second-order valence-electron chi connectivity index (χ2n) is 4.83. The predicted molar refractivity (Wildman–Crippen MR) is 87.0 cm³/mol. The number of halogens is 1. The Morgan fingerprint density at radius 1 is 1.23 bits per heavy atom. The lowest BCUT2D eigenvalue weighted by molar-refractivity contribution is 0.627. The lowest BCUT2D eigenvalue weighted by Gasteiger charge is -2.02. The lowest BCUT2D eigenvalue weighted by Crippen LogP contribution is -1.95. The molecule has 0 bridgehead atoms. The van der Waals surface area contributed by atoms with Crippen molar-refractivity contribution >= 4 is 18.4 Å². The van der Waals surface area contributed by atoms with Gasteiger partial charge in [-0.2, -0.15) is 14.9 Å². The van der Waals surface area contributed by atoms with Gasteiger partial charge in [-0.05, 0) is 42.9 Å². The Morgan fingerprint density at radius 2 is 2.05 bits per heavy atom. The van der Waals surface area contributed by atoms with Gasteiger partial charge in [-0.15, -0.1) is 0 Å². The lowest BCUT2D eigenvalue weighted by atomic mass is 10.1. The average Bonchev–Trinajstić information content (AvgIpc) is 2.86. The van der Waals surface area contributed by atoms with Gasteiger partial charge in [-0.1, -0.05) is 35.9 Å². The second-order valence-corrected chi connectivity index (χ2v) is 5.22. The number of rotatable bonds is 3. The van der Waals surface area contributed by atoms with E-state index in [1.54, 1.807) is 18.3 Å². The number of aromatic amines is 1. The third kappa shape index (κ3) is 3.01. The van der Waals surface area contributed by atoms with Gasteiger partial charge in [-0.25, -0.2) is 9.49 Å². The first-order valence-corrected chi connectivity index (χ1v) is 7.09. The second kappa shape index (κ2) is 6.03. The van der Waals surface area contributed by atoms with Crippen molar-refractivity contribution in [3.63, 3.8) is 0 Å². The molecule has 1 heterocycles. The quantitative estimate of drug-likeness (QED) is 0.588. The number of H-pyrrole nitrogens is 1. The maximum absolute atomic E-state index is 13.2. The van der Waals surface area contributed by atoms with E-state index in [9.17, 15) is 4.39 Å². The van der Waals surface area contributed by atoms with Gasteiger partial charge in [0.1, 0.15) is 5.82 Å². The molecule has 0 unspecified atom stereocenters. The summed E-state index contributed by atoms with van der Waals surface area (Å²) in [5, 5.41) is 11.3. The van der Waals surface area contributed by atoms with Gasteiger partial charge in [-0.3, -0.25) is 0 Å². The SMILES string of the molecule is Cc1cccc(-c2n[nH]c(=S)n2N=Cc2cccc(F)c2)c1. The van der Waals surface area contributed by atoms with Crippen LogP contribution in [-0.2, 0) is 0 Å². The van der Waals surface area contributed by atoms with E-state index in [2.05, 4.69) is 15.3 Å². The highest BCUT2D eigenvalue weighted by Gasteiger charge is 2.07. The number of benzene rings is 2. The molecule has 0 aliphatic heterocycles. The number of hydrogen-bond acceptors (Lipinski definition) is 3. The number of nitrogens with one attached hydrogen (secondary N) is 1. The first-order valence-electron chi connectivity index (χ1n) is 6.68. The minimum absolute atomic E-state index is 0.307. The largest absolute Gasteiger partial charge is 0.250 e. The summed E-state index contributed by atoms with van der Waals surface area (Å²) in [6.45, 7) is 2.01. The van der Waals surface area contributed by atoms with E-state index in [-0.39, 0.29) is 5.82 Å². The summed E-state index contributed by atoms with van der Waals surface area (Å²) >= 11 is 5.20. The maximum Gasteiger partial charge on any atom is 0.216 e. The van der Waals surface area contributed by atoms with Crippen LogP contribution in [-0.4, -0.2) is 21.1 Å². The van der Waals surface area contributed by atoms with Crippen molar-refractivity contribution in [2.45, 2.75) is 6.92 Å². The zero-order valence-corrected chi connectivity index (χ0v) is 12.6. The van der Waals surface area contributed by atoms with Gasteiger partial charge in [0.05, 0.1) is 6.21 Å². The molecule has 0 saturated carbocycles. The van der Waals surface area contributed by atoms with Crippen LogP contribution in [0.1, 0.15) is 11.1 Å². The Labute approximate surface area is 131 Å². The molecule has 0 amide bonds. The Kier molecular flexibility index (Phi) is 3.93. The van der Waals surface area contributed by atoms with E-state index in [0.29, 0.717) is 16.2 Å². The van der Waals surface area contributed by atoms with Gasteiger partial charge >= 0.3 is 0 Å². The summed E-state index contributed by atoms with van der Waals surface area (Å²) in [5.41, 5.74) is 2.68. The van der Waals surface area contributed by atoms with Crippen LogP contribution in [0, 0.1) is 17.5 Å². The third-order valence-electron chi connectivity index (χ3n) is 3.10. The monoisotopic (exact) mass is 312 g/mol. The molecule has 1 aromatic heterocycles. The summed E-state index contributed by atoms with van der Waals surface area (Å²) in [6.07, 6.45) is 1.55. The molecule has 110 valence electrons. The number of aryl methyl sites for hydroxylation is 1. The smallest absolute Gasteiger partial charge is 0.216 e. The fraction of sp³-hybridized carbons (Fsp3) is 0.0625. The summed E-state index contributed by atoms with van der Waals surface area (Å²) in [6, 6.07) is 14.1. The molecule has 0 spiro atoms. The normalized spacial score (nSPS) is 11.2. The summed E-state index contributed by atoms with van der Waals surface area (Å²) in [7, 11) is 0. The van der Waals surface area contributed by atoms with Crippen molar-refractivity contribution in [1.29, 1.82) is 0 Å². The van der Waals surface area contributed by atoms with E-state index in [1.165, 1.54) is 16.8 Å². The minimum atomic E-state index is -0.307. The molecule has 4 nitrogen and oxygen atoms in total. The maximum atomic E-state index is 13.2. The summed E-state index contributed by atoms with van der Waals surface area (Å²) in [4.78, 5) is 0. The highest BCUT2D eigenvalue weighted by Crippen LogP contribution is 2.18. The molecule has 0 aliphatic carbocycles. The van der Waals surface area contributed by atoms with Gasteiger partial charge in [0.2, 0.25) is 4.77 Å². The van der Waals surface area contributed by atoms with Crippen LogP contribution in [0.2, 0.25) is 0 Å². The van der Waals surface area contributed by atoms with Crippen molar-refractivity contribution in [2.75, 3.05) is 0 Å². The van der Waals surface area contributed by atoms with Crippen molar-refractivity contribution < 1.29 is 4.39 Å². The van der Waals surface area contributed by atoms with Gasteiger partial charge < -0.3 is 0 Å². The van der Waals surface area contributed by atoms with E-state index in [1.807, 2.05) is 31.2 Å². The van der Waals surface area contributed by atoms with Crippen LogP contribution in [0.15, 0.2) is 53.6 Å². The fourth-order valence-electron chi connectivity index (χ4n) is 2.08. The van der Waals surface area contributed by atoms with Gasteiger partial charge in [0.25, 0.3) is 0 Å². The van der Waals surface area contributed by atoms with Crippen LogP contribution < -0.4 is 0 Å². The molecule has 22 heavy (non-hydrogen) atoms. The van der Waals surface area contributed by atoms with E-state index in [4.69, 9.17) is 12.2 Å². The molecule has 0 radical (unpaired) electrons. The fourth-order valence-corrected chi connectivity index (χ4v) is 2.26. The first-order chi connectivity index (χ1) is 10.6. The molecule has 3 rings (SSSR count). The first kappa shape index (κ1) is 14.3. The molecular formula is C16H13FN4S. The van der Waals surface area contributed by atoms with E-state index >= 15 is 0 Å². The number of aromatic nitrogens is 3. The molecule has 0 saturated heterocycles.